The molecule has 1 aromatic rings. The van der Waals surface area contributed by atoms with E-state index in [4.69, 9.17) is 0 Å². The summed E-state index contributed by atoms with van der Waals surface area (Å²) in [6.07, 6.45) is 1.48. The van der Waals surface area contributed by atoms with Gasteiger partial charge in [0.25, 0.3) is 10.0 Å². The van der Waals surface area contributed by atoms with Gasteiger partial charge in [-0.15, -0.1) is 11.3 Å². The molecule has 8 heteroatoms. The summed E-state index contributed by atoms with van der Waals surface area (Å²) < 4.78 is 27.2. The minimum atomic E-state index is -3.44. The fourth-order valence-electron chi connectivity index (χ4n) is 2.48. The zero-order valence-corrected chi connectivity index (χ0v) is 16.4. The van der Waals surface area contributed by atoms with Crippen LogP contribution in [0.15, 0.2) is 16.3 Å². The topological polar surface area (TPSA) is 78.5 Å². The number of likely N-dealkylation sites (N-methyl/N-ethyl adjacent to an activating group) is 1. The second-order valence-corrected chi connectivity index (χ2v) is 10.5. The standard InChI is InChI=1S/C16H27N3O3S2/c1-16(2,3)15(20)18-10-8-13-5-6-14(23-13)24(21,22)19(4)12-7-9-17-11-12/h5-6,12,17H,7-11H2,1-4H3,(H,18,20). The van der Waals surface area contributed by atoms with E-state index >= 15 is 0 Å². The van der Waals surface area contributed by atoms with Gasteiger partial charge in [-0.05, 0) is 31.5 Å². The van der Waals surface area contributed by atoms with Crippen LogP contribution in [0.3, 0.4) is 0 Å². The molecule has 0 aromatic carbocycles. The van der Waals surface area contributed by atoms with Gasteiger partial charge in [0.2, 0.25) is 5.91 Å². The molecule has 1 amide bonds. The normalized spacial score (nSPS) is 19.0. The monoisotopic (exact) mass is 373 g/mol. The molecule has 2 N–H and O–H groups in total. The average molecular weight is 374 g/mol. The fourth-order valence-corrected chi connectivity index (χ4v) is 5.41. The van der Waals surface area contributed by atoms with Crippen molar-refractivity contribution in [1.82, 2.24) is 14.9 Å². The van der Waals surface area contributed by atoms with Crippen molar-refractivity contribution < 1.29 is 13.2 Å². The molecule has 0 bridgehead atoms. The van der Waals surface area contributed by atoms with E-state index in [1.165, 1.54) is 15.6 Å². The second-order valence-electron chi connectivity index (χ2n) is 7.14. The van der Waals surface area contributed by atoms with Crippen LogP contribution in [0.1, 0.15) is 32.1 Å². The Kier molecular flexibility index (Phi) is 6.06. The summed E-state index contributed by atoms with van der Waals surface area (Å²) in [5.41, 5.74) is -0.415. The number of carbonyl (C=O) groups excluding carboxylic acids is 1. The number of nitrogens with zero attached hydrogens (tertiary/aromatic N) is 1. The van der Waals surface area contributed by atoms with Gasteiger partial charge < -0.3 is 10.6 Å². The Hall–Kier alpha value is -0.960. The van der Waals surface area contributed by atoms with Crippen molar-refractivity contribution in [3.63, 3.8) is 0 Å². The fraction of sp³-hybridized carbons (Fsp3) is 0.688. The van der Waals surface area contributed by atoms with Crippen molar-refractivity contribution in [3.8, 4) is 0 Å². The summed E-state index contributed by atoms with van der Waals surface area (Å²) in [5.74, 6) is 0.000341. The highest BCUT2D eigenvalue weighted by atomic mass is 32.2. The molecular weight excluding hydrogens is 346 g/mol. The van der Waals surface area contributed by atoms with E-state index in [0.717, 1.165) is 17.8 Å². The molecule has 1 fully saturated rings. The van der Waals surface area contributed by atoms with Gasteiger partial charge in [-0.3, -0.25) is 4.79 Å². The molecule has 1 aliphatic heterocycles. The minimum absolute atomic E-state index is 0.000341. The molecule has 136 valence electrons. The maximum Gasteiger partial charge on any atom is 0.252 e. The van der Waals surface area contributed by atoms with Crippen LogP contribution in [0.5, 0.6) is 0 Å². The van der Waals surface area contributed by atoms with Crippen molar-refractivity contribution in [2.45, 2.75) is 43.9 Å². The molecule has 1 unspecified atom stereocenters. The van der Waals surface area contributed by atoms with Crippen molar-refractivity contribution >= 4 is 27.3 Å². The van der Waals surface area contributed by atoms with Gasteiger partial charge in [0.15, 0.2) is 0 Å². The van der Waals surface area contributed by atoms with Gasteiger partial charge in [-0.2, -0.15) is 4.31 Å². The highest BCUT2D eigenvalue weighted by Gasteiger charge is 2.31. The van der Waals surface area contributed by atoms with E-state index in [9.17, 15) is 13.2 Å². The summed E-state index contributed by atoms with van der Waals surface area (Å²) >= 11 is 1.28. The first-order chi connectivity index (χ1) is 11.1. The van der Waals surface area contributed by atoms with Crippen LogP contribution >= 0.6 is 11.3 Å². The predicted molar refractivity (Wildman–Crippen MR) is 96.7 cm³/mol. The highest BCUT2D eigenvalue weighted by molar-refractivity contribution is 7.91. The molecule has 0 radical (unpaired) electrons. The van der Waals surface area contributed by atoms with Gasteiger partial charge in [0.1, 0.15) is 4.21 Å². The Morgan fingerprint density at radius 2 is 2.12 bits per heavy atom. The molecule has 1 aliphatic rings. The lowest BCUT2D eigenvalue weighted by Gasteiger charge is -2.22. The number of amides is 1. The highest BCUT2D eigenvalue weighted by Crippen LogP contribution is 2.26. The second kappa shape index (κ2) is 7.51. The Labute approximate surface area is 148 Å². The molecule has 2 rings (SSSR count). The van der Waals surface area contributed by atoms with Crippen molar-refractivity contribution in [1.29, 1.82) is 0 Å². The quantitative estimate of drug-likeness (QED) is 0.791. The van der Waals surface area contributed by atoms with Crippen LogP contribution in [0.25, 0.3) is 0 Å². The summed E-state index contributed by atoms with van der Waals surface area (Å²) in [5, 5.41) is 6.08. The molecule has 0 aliphatic carbocycles. The SMILES string of the molecule is CN(C1CCNC1)S(=O)(=O)c1ccc(CCNC(=O)C(C)(C)C)s1. The van der Waals surface area contributed by atoms with Crippen molar-refractivity contribution in [2.24, 2.45) is 5.41 Å². The largest absolute Gasteiger partial charge is 0.355 e. The number of thiophene rings is 1. The van der Waals surface area contributed by atoms with Crippen LogP contribution in [0, 0.1) is 5.41 Å². The van der Waals surface area contributed by atoms with E-state index in [0.29, 0.717) is 23.7 Å². The molecule has 0 saturated carbocycles. The van der Waals surface area contributed by atoms with Gasteiger partial charge >= 0.3 is 0 Å². The molecule has 1 saturated heterocycles. The lowest BCUT2D eigenvalue weighted by atomic mass is 9.96. The molecule has 1 atom stereocenters. The number of nitrogens with one attached hydrogen (secondary N) is 2. The molecule has 1 aromatic heterocycles. The molecule has 0 spiro atoms. The maximum atomic E-state index is 12.7. The van der Waals surface area contributed by atoms with Crippen LogP contribution in [-0.2, 0) is 21.2 Å². The first-order valence-electron chi connectivity index (χ1n) is 8.18. The van der Waals surface area contributed by atoms with Gasteiger partial charge in [0, 0.05) is 36.5 Å². The lowest BCUT2D eigenvalue weighted by Crippen LogP contribution is -2.37. The molecule has 24 heavy (non-hydrogen) atoms. The molecule has 2 heterocycles. The number of rotatable bonds is 6. The Bertz CT molecular complexity index is 671. The minimum Gasteiger partial charge on any atom is -0.355 e. The van der Waals surface area contributed by atoms with Crippen LogP contribution in [-0.4, -0.2) is 51.4 Å². The van der Waals surface area contributed by atoms with Gasteiger partial charge in [-0.25, -0.2) is 8.42 Å². The summed E-state index contributed by atoms with van der Waals surface area (Å²) in [6.45, 7) is 7.67. The van der Waals surface area contributed by atoms with Gasteiger partial charge in [-0.1, -0.05) is 20.8 Å². The third-order valence-electron chi connectivity index (χ3n) is 4.16. The Morgan fingerprint density at radius 1 is 1.42 bits per heavy atom. The van der Waals surface area contributed by atoms with Crippen molar-refractivity contribution in [3.05, 3.63) is 17.0 Å². The van der Waals surface area contributed by atoms with E-state index < -0.39 is 15.4 Å². The van der Waals surface area contributed by atoms with Crippen LogP contribution < -0.4 is 10.6 Å². The predicted octanol–water partition coefficient (Wildman–Crippen LogP) is 1.44. The number of carbonyl (C=O) groups is 1. The first kappa shape index (κ1) is 19.4. The summed E-state index contributed by atoms with van der Waals surface area (Å²) in [4.78, 5) is 12.8. The van der Waals surface area contributed by atoms with E-state index in [1.54, 1.807) is 13.1 Å². The Morgan fingerprint density at radius 3 is 2.71 bits per heavy atom. The maximum absolute atomic E-state index is 12.7. The summed E-state index contributed by atoms with van der Waals surface area (Å²) in [7, 11) is -1.79. The Balaban J connectivity index is 1.95. The smallest absolute Gasteiger partial charge is 0.252 e. The summed E-state index contributed by atoms with van der Waals surface area (Å²) in [6, 6.07) is 3.52. The van der Waals surface area contributed by atoms with Crippen molar-refractivity contribution in [2.75, 3.05) is 26.7 Å². The number of hydrogen-bond acceptors (Lipinski definition) is 5. The number of sulfonamides is 1. The third-order valence-corrected chi connectivity index (χ3v) is 7.68. The average Bonchev–Trinajstić information content (AvgIpc) is 3.17. The van der Waals surface area contributed by atoms with Gasteiger partial charge in [0.05, 0.1) is 0 Å². The zero-order valence-electron chi connectivity index (χ0n) is 14.8. The molecular formula is C16H27N3O3S2. The van der Waals surface area contributed by atoms with E-state index in [-0.39, 0.29) is 11.9 Å². The number of hydrogen-bond donors (Lipinski definition) is 2. The first-order valence-corrected chi connectivity index (χ1v) is 10.4. The van der Waals surface area contributed by atoms with Crippen LogP contribution in [0.4, 0.5) is 0 Å². The van der Waals surface area contributed by atoms with E-state index in [2.05, 4.69) is 10.6 Å². The zero-order chi connectivity index (χ0) is 18.0. The molecule has 6 nitrogen and oxygen atoms in total. The van der Waals surface area contributed by atoms with Crippen LogP contribution in [0.2, 0.25) is 0 Å². The lowest BCUT2D eigenvalue weighted by molar-refractivity contribution is -0.128. The van der Waals surface area contributed by atoms with E-state index in [1.807, 2.05) is 26.8 Å². The third kappa shape index (κ3) is 4.56.